The first-order chi connectivity index (χ1) is 9.63. The Morgan fingerprint density at radius 3 is 2.95 bits per heavy atom. The van der Waals surface area contributed by atoms with Gasteiger partial charge in [-0.05, 0) is 13.3 Å². The van der Waals surface area contributed by atoms with Crippen LogP contribution in [0.5, 0.6) is 0 Å². The second kappa shape index (κ2) is 6.23. The minimum atomic E-state index is -0.232. The van der Waals surface area contributed by atoms with Crippen molar-refractivity contribution in [2.75, 3.05) is 0 Å². The van der Waals surface area contributed by atoms with Crippen LogP contribution in [0, 0.1) is 0 Å². The van der Waals surface area contributed by atoms with Crippen molar-refractivity contribution in [3.05, 3.63) is 35.9 Å². The SMILES string of the molecule is CCCc1ncncc1C(=O)N[C@@H](C)c1nncn1C. The van der Waals surface area contributed by atoms with Gasteiger partial charge in [0.05, 0.1) is 17.3 Å². The Kier molecular flexibility index (Phi) is 4.39. The van der Waals surface area contributed by atoms with Crippen LogP contribution in [0.15, 0.2) is 18.9 Å². The van der Waals surface area contributed by atoms with Crippen molar-refractivity contribution < 1.29 is 4.79 Å². The Morgan fingerprint density at radius 1 is 1.50 bits per heavy atom. The smallest absolute Gasteiger partial charge is 0.255 e. The van der Waals surface area contributed by atoms with Gasteiger partial charge in [0.2, 0.25) is 0 Å². The summed E-state index contributed by atoms with van der Waals surface area (Å²) in [5.74, 6) is 0.511. The zero-order valence-electron chi connectivity index (χ0n) is 11.9. The van der Waals surface area contributed by atoms with E-state index < -0.39 is 0 Å². The predicted octanol–water partition coefficient (Wildman–Crippen LogP) is 1.05. The molecule has 7 nitrogen and oxygen atoms in total. The summed E-state index contributed by atoms with van der Waals surface area (Å²) in [6.07, 6.45) is 6.30. The standard InChI is InChI=1S/C13H18N6O/c1-4-5-11-10(6-14-7-15-11)13(20)17-9(2)12-18-16-8-19(12)3/h6-9H,4-5H2,1-3H3,(H,17,20)/t9-/m0/s1. The molecular formula is C13H18N6O. The van der Waals surface area contributed by atoms with Crippen LogP contribution in [0.3, 0.4) is 0 Å². The van der Waals surface area contributed by atoms with E-state index in [-0.39, 0.29) is 11.9 Å². The molecule has 2 aromatic heterocycles. The molecule has 0 unspecified atom stereocenters. The fourth-order valence-electron chi connectivity index (χ4n) is 2.00. The van der Waals surface area contributed by atoms with E-state index in [1.165, 1.54) is 6.33 Å². The molecule has 0 bridgehead atoms. The molecule has 106 valence electrons. The number of nitrogens with zero attached hydrogens (tertiary/aromatic N) is 5. The van der Waals surface area contributed by atoms with Gasteiger partial charge in [0.15, 0.2) is 5.82 Å². The summed E-state index contributed by atoms with van der Waals surface area (Å²) in [6.45, 7) is 3.91. The highest BCUT2D eigenvalue weighted by molar-refractivity contribution is 5.95. The molecule has 2 aromatic rings. The first-order valence-corrected chi connectivity index (χ1v) is 6.57. The number of amides is 1. The quantitative estimate of drug-likeness (QED) is 0.880. The summed E-state index contributed by atoms with van der Waals surface area (Å²) in [5.41, 5.74) is 1.29. The molecular weight excluding hydrogens is 256 g/mol. The van der Waals surface area contributed by atoms with Crippen LogP contribution in [0.2, 0.25) is 0 Å². The molecule has 1 atom stereocenters. The van der Waals surface area contributed by atoms with E-state index in [1.54, 1.807) is 17.1 Å². The number of hydrogen-bond donors (Lipinski definition) is 1. The highest BCUT2D eigenvalue weighted by Gasteiger charge is 2.18. The third kappa shape index (κ3) is 2.98. The summed E-state index contributed by atoms with van der Waals surface area (Å²) < 4.78 is 1.78. The summed E-state index contributed by atoms with van der Waals surface area (Å²) in [4.78, 5) is 20.4. The second-order valence-corrected chi connectivity index (χ2v) is 4.63. The number of aromatic nitrogens is 5. The van der Waals surface area contributed by atoms with E-state index in [1.807, 2.05) is 20.9 Å². The van der Waals surface area contributed by atoms with Gasteiger partial charge in [0.25, 0.3) is 5.91 Å². The fraction of sp³-hybridized carbons (Fsp3) is 0.462. The van der Waals surface area contributed by atoms with Gasteiger partial charge >= 0.3 is 0 Å². The average molecular weight is 274 g/mol. The van der Waals surface area contributed by atoms with Gasteiger partial charge in [-0.15, -0.1) is 10.2 Å². The van der Waals surface area contributed by atoms with Crippen LogP contribution in [0.4, 0.5) is 0 Å². The summed E-state index contributed by atoms with van der Waals surface area (Å²) in [5, 5.41) is 10.7. The highest BCUT2D eigenvalue weighted by Crippen LogP contribution is 2.11. The normalized spacial score (nSPS) is 12.2. The van der Waals surface area contributed by atoms with E-state index in [2.05, 4.69) is 25.5 Å². The predicted molar refractivity (Wildman–Crippen MR) is 72.9 cm³/mol. The van der Waals surface area contributed by atoms with Crippen LogP contribution >= 0.6 is 0 Å². The van der Waals surface area contributed by atoms with Crippen molar-refractivity contribution in [2.24, 2.45) is 7.05 Å². The largest absolute Gasteiger partial charge is 0.342 e. The minimum absolute atomic E-state index is 0.190. The van der Waals surface area contributed by atoms with Crippen LogP contribution in [0.1, 0.15) is 48.2 Å². The van der Waals surface area contributed by atoms with Crippen molar-refractivity contribution >= 4 is 5.91 Å². The topological polar surface area (TPSA) is 85.6 Å². The van der Waals surface area contributed by atoms with Crippen molar-refractivity contribution in [3.8, 4) is 0 Å². The molecule has 0 aliphatic heterocycles. The fourth-order valence-corrected chi connectivity index (χ4v) is 2.00. The van der Waals surface area contributed by atoms with Crippen LogP contribution in [-0.2, 0) is 13.5 Å². The minimum Gasteiger partial charge on any atom is -0.342 e. The Bertz CT molecular complexity index is 594. The Labute approximate surface area is 117 Å². The second-order valence-electron chi connectivity index (χ2n) is 4.63. The maximum Gasteiger partial charge on any atom is 0.255 e. The molecule has 0 saturated carbocycles. The number of rotatable bonds is 5. The van der Waals surface area contributed by atoms with Gasteiger partial charge in [0.1, 0.15) is 12.7 Å². The van der Waals surface area contributed by atoms with E-state index in [0.29, 0.717) is 11.4 Å². The first-order valence-electron chi connectivity index (χ1n) is 6.57. The Hall–Kier alpha value is -2.31. The number of aryl methyl sites for hydroxylation is 2. The molecule has 0 aliphatic rings. The van der Waals surface area contributed by atoms with Crippen molar-refractivity contribution in [2.45, 2.75) is 32.7 Å². The maximum atomic E-state index is 12.3. The lowest BCUT2D eigenvalue weighted by atomic mass is 10.1. The van der Waals surface area contributed by atoms with Crippen LogP contribution in [-0.4, -0.2) is 30.6 Å². The lowest BCUT2D eigenvalue weighted by Gasteiger charge is -2.14. The number of nitrogens with one attached hydrogen (secondary N) is 1. The summed E-state index contributed by atoms with van der Waals surface area (Å²) >= 11 is 0. The van der Waals surface area contributed by atoms with Crippen molar-refractivity contribution in [3.63, 3.8) is 0 Å². The molecule has 7 heteroatoms. The molecule has 0 spiro atoms. The molecule has 1 N–H and O–H groups in total. The van der Waals surface area contributed by atoms with Gasteiger partial charge in [-0.3, -0.25) is 4.79 Å². The zero-order chi connectivity index (χ0) is 14.5. The molecule has 0 aliphatic carbocycles. The Morgan fingerprint density at radius 2 is 2.30 bits per heavy atom. The van der Waals surface area contributed by atoms with Gasteiger partial charge in [0, 0.05) is 13.2 Å². The van der Waals surface area contributed by atoms with Crippen LogP contribution < -0.4 is 5.32 Å². The van der Waals surface area contributed by atoms with E-state index >= 15 is 0 Å². The third-order valence-corrected chi connectivity index (χ3v) is 3.01. The molecule has 0 saturated heterocycles. The lowest BCUT2D eigenvalue weighted by Crippen LogP contribution is -2.29. The number of hydrogen-bond acceptors (Lipinski definition) is 5. The van der Waals surface area contributed by atoms with E-state index in [0.717, 1.165) is 18.5 Å². The van der Waals surface area contributed by atoms with Gasteiger partial charge in [-0.1, -0.05) is 13.3 Å². The molecule has 20 heavy (non-hydrogen) atoms. The van der Waals surface area contributed by atoms with Crippen molar-refractivity contribution in [1.29, 1.82) is 0 Å². The molecule has 0 fully saturated rings. The monoisotopic (exact) mass is 274 g/mol. The third-order valence-electron chi connectivity index (χ3n) is 3.01. The van der Waals surface area contributed by atoms with Crippen LogP contribution in [0.25, 0.3) is 0 Å². The summed E-state index contributed by atoms with van der Waals surface area (Å²) in [6, 6.07) is -0.232. The van der Waals surface area contributed by atoms with E-state index in [4.69, 9.17) is 0 Å². The molecule has 2 heterocycles. The van der Waals surface area contributed by atoms with Crippen molar-refractivity contribution in [1.82, 2.24) is 30.0 Å². The molecule has 0 aromatic carbocycles. The number of carbonyl (C=O) groups is 1. The van der Waals surface area contributed by atoms with Gasteiger partial charge in [-0.2, -0.15) is 0 Å². The zero-order valence-corrected chi connectivity index (χ0v) is 11.9. The average Bonchev–Trinajstić information content (AvgIpc) is 2.86. The highest BCUT2D eigenvalue weighted by atomic mass is 16.1. The molecule has 2 rings (SSSR count). The van der Waals surface area contributed by atoms with Gasteiger partial charge in [-0.25, -0.2) is 9.97 Å². The molecule has 1 amide bonds. The van der Waals surface area contributed by atoms with Gasteiger partial charge < -0.3 is 9.88 Å². The lowest BCUT2D eigenvalue weighted by molar-refractivity contribution is 0.0936. The molecule has 0 radical (unpaired) electrons. The summed E-state index contributed by atoms with van der Waals surface area (Å²) in [7, 11) is 1.84. The van der Waals surface area contributed by atoms with E-state index in [9.17, 15) is 4.79 Å². The first kappa shape index (κ1) is 14.1. The maximum absolute atomic E-state index is 12.3. The number of carbonyl (C=O) groups excluding carboxylic acids is 1. The Balaban J connectivity index is 2.14.